The number of nitrogens with zero attached hydrogens (tertiary/aromatic N) is 1. The molecule has 18 heavy (non-hydrogen) atoms. The molecular formula is C14H12N2O2. The standard InChI is InChI=1S/C14H12N2O2/c1-2-3-9-13(17)12(10-15)14(18)16-11-7-5-4-6-8-11/h1,4-8,17H,3,9H2,(H,16,18)/b13-12-. The lowest BCUT2D eigenvalue weighted by Gasteiger charge is -2.05. The molecule has 1 rings (SSSR count). The van der Waals surface area contributed by atoms with Crippen LogP contribution < -0.4 is 5.32 Å². The van der Waals surface area contributed by atoms with Crippen molar-refractivity contribution < 1.29 is 9.90 Å². The van der Waals surface area contributed by atoms with E-state index in [4.69, 9.17) is 11.7 Å². The maximum absolute atomic E-state index is 11.7. The van der Waals surface area contributed by atoms with Crippen molar-refractivity contribution in [1.29, 1.82) is 5.26 Å². The highest BCUT2D eigenvalue weighted by atomic mass is 16.3. The van der Waals surface area contributed by atoms with E-state index in [1.165, 1.54) is 0 Å². The lowest BCUT2D eigenvalue weighted by Crippen LogP contribution is -2.15. The van der Waals surface area contributed by atoms with Gasteiger partial charge in [-0.3, -0.25) is 4.79 Å². The van der Waals surface area contributed by atoms with Crippen LogP contribution in [0, 0.1) is 23.7 Å². The van der Waals surface area contributed by atoms with Gasteiger partial charge in [-0.15, -0.1) is 12.3 Å². The van der Waals surface area contributed by atoms with Gasteiger partial charge < -0.3 is 10.4 Å². The van der Waals surface area contributed by atoms with Crippen LogP contribution in [0.4, 0.5) is 5.69 Å². The van der Waals surface area contributed by atoms with Crippen molar-refractivity contribution in [2.24, 2.45) is 0 Å². The van der Waals surface area contributed by atoms with E-state index in [1.807, 2.05) is 0 Å². The highest BCUT2D eigenvalue weighted by molar-refractivity contribution is 6.06. The number of hydrogen-bond acceptors (Lipinski definition) is 3. The first kappa shape index (κ1) is 13.3. The van der Waals surface area contributed by atoms with Gasteiger partial charge in [0.05, 0.1) is 0 Å². The zero-order chi connectivity index (χ0) is 13.4. The Morgan fingerprint density at radius 1 is 1.39 bits per heavy atom. The summed E-state index contributed by atoms with van der Waals surface area (Å²) < 4.78 is 0. The third-order valence-corrected chi connectivity index (χ3v) is 2.17. The molecule has 0 saturated heterocycles. The van der Waals surface area contributed by atoms with Gasteiger partial charge in [-0.2, -0.15) is 5.26 Å². The summed E-state index contributed by atoms with van der Waals surface area (Å²) in [5.74, 6) is 1.40. The first-order chi connectivity index (χ1) is 8.69. The number of para-hydroxylation sites is 1. The summed E-state index contributed by atoms with van der Waals surface area (Å²) in [6.45, 7) is 0. The Morgan fingerprint density at radius 3 is 2.61 bits per heavy atom. The summed E-state index contributed by atoms with van der Waals surface area (Å²) in [5, 5.41) is 21.0. The van der Waals surface area contributed by atoms with E-state index in [9.17, 15) is 9.90 Å². The number of rotatable bonds is 4. The van der Waals surface area contributed by atoms with Crippen molar-refractivity contribution >= 4 is 11.6 Å². The first-order valence-corrected chi connectivity index (χ1v) is 5.31. The van der Waals surface area contributed by atoms with E-state index < -0.39 is 5.91 Å². The van der Waals surface area contributed by atoms with Gasteiger partial charge in [-0.05, 0) is 12.1 Å². The van der Waals surface area contributed by atoms with Gasteiger partial charge in [-0.1, -0.05) is 18.2 Å². The number of hydrogen-bond donors (Lipinski definition) is 2. The van der Waals surface area contributed by atoms with Crippen LogP contribution in [-0.4, -0.2) is 11.0 Å². The molecule has 4 nitrogen and oxygen atoms in total. The summed E-state index contributed by atoms with van der Waals surface area (Å²) in [6.07, 6.45) is 5.44. The molecule has 1 amide bonds. The Morgan fingerprint density at radius 2 is 2.06 bits per heavy atom. The number of benzene rings is 1. The summed E-state index contributed by atoms with van der Waals surface area (Å²) in [4.78, 5) is 11.7. The van der Waals surface area contributed by atoms with Gasteiger partial charge >= 0.3 is 0 Å². The van der Waals surface area contributed by atoms with Crippen LogP contribution in [0.2, 0.25) is 0 Å². The molecule has 1 aromatic carbocycles. The fraction of sp³-hybridized carbons (Fsp3) is 0.143. The summed E-state index contributed by atoms with van der Waals surface area (Å²) in [5.41, 5.74) is 0.245. The molecule has 0 fully saturated rings. The molecule has 0 saturated carbocycles. The lowest BCUT2D eigenvalue weighted by molar-refractivity contribution is -0.112. The summed E-state index contributed by atoms with van der Waals surface area (Å²) in [6, 6.07) is 10.4. The molecule has 0 aliphatic rings. The maximum atomic E-state index is 11.7. The zero-order valence-corrected chi connectivity index (χ0v) is 9.68. The Balaban J connectivity index is 2.82. The number of aliphatic hydroxyl groups is 1. The molecule has 1 aromatic rings. The van der Waals surface area contributed by atoms with Crippen LogP contribution in [0.5, 0.6) is 0 Å². The first-order valence-electron chi connectivity index (χ1n) is 5.31. The fourth-order valence-corrected chi connectivity index (χ4v) is 1.28. The van der Waals surface area contributed by atoms with E-state index >= 15 is 0 Å². The van der Waals surface area contributed by atoms with E-state index in [-0.39, 0.29) is 24.2 Å². The third-order valence-electron chi connectivity index (χ3n) is 2.17. The zero-order valence-electron chi connectivity index (χ0n) is 9.68. The number of terminal acetylenes is 1. The minimum absolute atomic E-state index is 0.113. The number of carbonyl (C=O) groups excluding carboxylic acids is 1. The van der Waals surface area contributed by atoms with E-state index in [2.05, 4.69) is 11.2 Å². The minimum atomic E-state index is -0.641. The summed E-state index contributed by atoms with van der Waals surface area (Å²) in [7, 11) is 0. The van der Waals surface area contributed by atoms with Crippen molar-refractivity contribution in [1.82, 2.24) is 0 Å². The van der Waals surface area contributed by atoms with E-state index in [1.54, 1.807) is 36.4 Å². The Bertz CT molecular complexity index is 533. The van der Waals surface area contributed by atoms with E-state index in [0.717, 1.165) is 0 Å². The van der Waals surface area contributed by atoms with Gasteiger partial charge in [0.1, 0.15) is 11.8 Å². The predicted octanol–water partition coefficient (Wildman–Crippen LogP) is 2.37. The average molecular weight is 240 g/mol. The van der Waals surface area contributed by atoms with Crippen LogP contribution in [0.15, 0.2) is 41.7 Å². The van der Waals surface area contributed by atoms with Gasteiger partial charge in [0, 0.05) is 18.5 Å². The third kappa shape index (κ3) is 3.70. The number of aliphatic hydroxyl groups excluding tert-OH is 1. The van der Waals surface area contributed by atoms with Gasteiger partial charge in [0.2, 0.25) is 0 Å². The molecule has 0 spiro atoms. The van der Waals surface area contributed by atoms with Crippen LogP contribution in [0.1, 0.15) is 12.8 Å². The topological polar surface area (TPSA) is 73.1 Å². The molecule has 0 aromatic heterocycles. The smallest absolute Gasteiger partial charge is 0.269 e. The highest BCUT2D eigenvalue weighted by Gasteiger charge is 2.14. The number of allylic oxidation sites excluding steroid dienone is 1. The molecule has 2 N–H and O–H groups in total. The fourth-order valence-electron chi connectivity index (χ4n) is 1.28. The number of carbonyl (C=O) groups is 1. The molecule has 0 bridgehead atoms. The minimum Gasteiger partial charge on any atom is -0.511 e. The van der Waals surface area contributed by atoms with Gasteiger partial charge in [0.25, 0.3) is 5.91 Å². The second-order valence-corrected chi connectivity index (χ2v) is 3.46. The quantitative estimate of drug-likeness (QED) is 0.367. The van der Waals surface area contributed by atoms with Crippen molar-refractivity contribution in [2.75, 3.05) is 5.32 Å². The molecule has 0 heterocycles. The molecule has 0 aliphatic heterocycles. The number of nitriles is 1. The number of anilines is 1. The SMILES string of the molecule is C#CCC/C(O)=C(\C#N)C(=O)Nc1ccccc1. The van der Waals surface area contributed by atoms with Crippen LogP contribution >= 0.6 is 0 Å². The van der Waals surface area contributed by atoms with Crippen molar-refractivity contribution in [3.63, 3.8) is 0 Å². The molecule has 0 aliphatic carbocycles. The molecule has 0 radical (unpaired) electrons. The molecule has 90 valence electrons. The average Bonchev–Trinajstić information content (AvgIpc) is 2.38. The molecule has 0 atom stereocenters. The second-order valence-electron chi connectivity index (χ2n) is 3.46. The van der Waals surface area contributed by atoms with Gasteiger partial charge in [0.15, 0.2) is 5.57 Å². The lowest BCUT2D eigenvalue weighted by atomic mass is 10.1. The molecular weight excluding hydrogens is 228 g/mol. The maximum Gasteiger partial charge on any atom is 0.269 e. The normalized spacial score (nSPS) is 10.8. The van der Waals surface area contributed by atoms with Crippen LogP contribution in [0.25, 0.3) is 0 Å². The number of nitrogens with one attached hydrogen (secondary N) is 1. The van der Waals surface area contributed by atoms with Crippen molar-refractivity contribution in [3.05, 3.63) is 41.7 Å². The van der Waals surface area contributed by atoms with E-state index in [0.29, 0.717) is 5.69 Å². The largest absolute Gasteiger partial charge is 0.511 e. The molecule has 0 unspecified atom stereocenters. The van der Waals surface area contributed by atoms with Crippen molar-refractivity contribution in [3.8, 4) is 18.4 Å². The highest BCUT2D eigenvalue weighted by Crippen LogP contribution is 2.11. The van der Waals surface area contributed by atoms with Gasteiger partial charge in [-0.25, -0.2) is 0 Å². The predicted molar refractivity (Wildman–Crippen MR) is 68.4 cm³/mol. The van der Waals surface area contributed by atoms with Crippen LogP contribution in [-0.2, 0) is 4.79 Å². The number of amides is 1. The Hall–Kier alpha value is -2.72. The van der Waals surface area contributed by atoms with Crippen LogP contribution in [0.3, 0.4) is 0 Å². The summed E-state index contributed by atoms with van der Waals surface area (Å²) >= 11 is 0. The molecule has 4 heteroatoms. The Labute approximate surface area is 106 Å². The second kappa shape index (κ2) is 6.78. The monoisotopic (exact) mass is 240 g/mol. The Kier molecular flexibility index (Phi) is 5.02. The van der Waals surface area contributed by atoms with Crippen molar-refractivity contribution in [2.45, 2.75) is 12.8 Å².